The first kappa shape index (κ1) is 21.8. The summed E-state index contributed by atoms with van der Waals surface area (Å²) in [5.41, 5.74) is 0.731. The molecular weight excluding hydrogens is 362 g/mol. The van der Waals surface area contributed by atoms with Crippen molar-refractivity contribution in [2.45, 2.75) is 45.8 Å². The van der Waals surface area contributed by atoms with Crippen molar-refractivity contribution in [1.29, 1.82) is 0 Å². The molecule has 7 nitrogen and oxygen atoms in total. The van der Waals surface area contributed by atoms with E-state index < -0.39 is 30.2 Å². The van der Waals surface area contributed by atoms with Crippen molar-refractivity contribution in [2.75, 3.05) is 6.54 Å². The Hall–Kier alpha value is -2.28. The second-order valence-corrected chi connectivity index (χ2v) is 6.52. The molecule has 2 atom stereocenters. The molecule has 0 heterocycles. The van der Waals surface area contributed by atoms with E-state index in [4.69, 9.17) is 26.2 Å². The SMILES string of the molecule is CCC(=O)OC(OC(=O)NC[C@H](CC(=O)O)c1ccc(Cl)cc1)C(C)C. The van der Waals surface area contributed by atoms with Crippen LogP contribution in [0.3, 0.4) is 0 Å². The number of hydrogen-bond donors (Lipinski definition) is 2. The number of carboxylic acids is 1. The fourth-order valence-electron chi connectivity index (χ4n) is 2.12. The van der Waals surface area contributed by atoms with Crippen molar-refractivity contribution in [1.82, 2.24) is 5.32 Å². The minimum atomic E-state index is -1.00. The summed E-state index contributed by atoms with van der Waals surface area (Å²) in [4.78, 5) is 34.5. The van der Waals surface area contributed by atoms with Crippen molar-refractivity contribution in [3.8, 4) is 0 Å². The van der Waals surface area contributed by atoms with Crippen LogP contribution in [0.2, 0.25) is 5.02 Å². The first-order valence-corrected chi connectivity index (χ1v) is 8.71. The van der Waals surface area contributed by atoms with Gasteiger partial charge in [0, 0.05) is 29.8 Å². The Balaban J connectivity index is 2.68. The molecule has 0 saturated carbocycles. The van der Waals surface area contributed by atoms with Gasteiger partial charge < -0.3 is 19.9 Å². The molecule has 0 saturated heterocycles. The number of carbonyl (C=O) groups is 3. The molecule has 8 heteroatoms. The molecule has 0 aliphatic heterocycles. The van der Waals surface area contributed by atoms with Crippen LogP contribution in [0, 0.1) is 5.92 Å². The first-order valence-electron chi connectivity index (χ1n) is 8.34. The summed E-state index contributed by atoms with van der Waals surface area (Å²) in [5.74, 6) is -2.13. The molecule has 0 spiro atoms. The van der Waals surface area contributed by atoms with Crippen LogP contribution in [0.15, 0.2) is 24.3 Å². The molecule has 1 rings (SSSR count). The van der Waals surface area contributed by atoms with Gasteiger partial charge in [-0.1, -0.05) is 44.5 Å². The largest absolute Gasteiger partial charge is 0.481 e. The number of carbonyl (C=O) groups excluding carboxylic acids is 2. The van der Waals surface area contributed by atoms with E-state index in [2.05, 4.69) is 5.32 Å². The van der Waals surface area contributed by atoms with Gasteiger partial charge in [-0.15, -0.1) is 0 Å². The van der Waals surface area contributed by atoms with E-state index in [0.717, 1.165) is 5.56 Å². The lowest BCUT2D eigenvalue weighted by atomic mass is 9.96. The number of hydrogen-bond acceptors (Lipinski definition) is 5. The van der Waals surface area contributed by atoms with Crippen molar-refractivity contribution in [2.24, 2.45) is 5.92 Å². The molecule has 0 bridgehead atoms. The predicted molar refractivity (Wildman–Crippen MR) is 95.9 cm³/mol. The Morgan fingerprint density at radius 2 is 1.77 bits per heavy atom. The minimum Gasteiger partial charge on any atom is -0.481 e. The van der Waals surface area contributed by atoms with Gasteiger partial charge in [0.25, 0.3) is 6.29 Å². The number of amides is 1. The second-order valence-electron chi connectivity index (χ2n) is 6.09. The normalized spacial score (nSPS) is 13.0. The molecular formula is C18H24ClNO6. The lowest BCUT2D eigenvalue weighted by Gasteiger charge is -2.22. The molecule has 1 aromatic carbocycles. The summed E-state index contributed by atoms with van der Waals surface area (Å²) in [6.45, 7) is 5.20. The molecule has 0 radical (unpaired) electrons. The van der Waals surface area contributed by atoms with Gasteiger partial charge in [-0.3, -0.25) is 9.59 Å². The summed E-state index contributed by atoms with van der Waals surface area (Å²) in [5, 5.41) is 12.1. The number of benzene rings is 1. The second kappa shape index (κ2) is 10.7. The summed E-state index contributed by atoms with van der Waals surface area (Å²) in [7, 11) is 0. The molecule has 0 aromatic heterocycles. The van der Waals surface area contributed by atoms with E-state index >= 15 is 0 Å². The third-order valence-electron chi connectivity index (χ3n) is 3.56. The number of aliphatic carboxylic acids is 1. The first-order chi connectivity index (χ1) is 12.2. The Morgan fingerprint density at radius 3 is 2.27 bits per heavy atom. The van der Waals surface area contributed by atoms with Gasteiger partial charge in [-0.05, 0) is 17.7 Å². The Labute approximate surface area is 157 Å². The van der Waals surface area contributed by atoms with Crippen LogP contribution < -0.4 is 5.32 Å². The molecule has 26 heavy (non-hydrogen) atoms. The fraction of sp³-hybridized carbons (Fsp3) is 0.500. The summed E-state index contributed by atoms with van der Waals surface area (Å²) in [6.07, 6.45) is -1.78. The Morgan fingerprint density at radius 1 is 1.15 bits per heavy atom. The van der Waals surface area contributed by atoms with Gasteiger partial charge in [0.2, 0.25) is 0 Å². The zero-order chi connectivity index (χ0) is 19.7. The van der Waals surface area contributed by atoms with E-state index in [9.17, 15) is 14.4 Å². The van der Waals surface area contributed by atoms with Gasteiger partial charge in [0.15, 0.2) is 0 Å². The van der Waals surface area contributed by atoms with E-state index in [1.165, 1.54) is 0 Å². The van der Waals surface area contributed by atoms with Crippen LogP contribution in [0.4, 0.5) is 4.79 Å². The number of carboxylic acid groups (broad SMARTS) is 1. The van der Waals surface area contributed by atoms with E-state index in [-0.39, 0.29) is 25.3 Å². The zero-order valence-corrected chi connectivity index (χ0v) is 15.8. The molecule has 0 aliphatic carbocycles. The number of rotatable bonds is 9. The van der Waals surface area contributed by atoms with Crippen molar-refractivity contribution in [3.63, 3.8) is 0 Å². The van der Waals surface area contributed by atoms with Crippen LogP contribution in [-0.4, -0.2) is 36.0 Å². The van der Waals surface area contributed by atoms with Crippen molar-refractivity contribution in [3.05, 3.63) is 34.9 Å². The van der Waals surface area contributed by atoms with Gasteiger partial charge in [-0.2, -0.15) is 0 Å². The molecule has 2 N–H and O–H groups in total. The van der Waals surface area contributed by atoms with Crippen molar-refractivity contribution >= 4 is 29.6 Å². The van der Waals surface area contributed by atoms with Gasteiger partial charge in [0.05, 0.1) is 6.42 Å². The van der Waals surface area contributed by atoms with E-state index in [0.29, 0.717) is 5.02 Å². The lowest BCUT2D eigenvalue weighted by molar-refractivity contribution is -0.174. The maximum Gasteiger partial charge on any atom is 0.410 e. The highest BCUT2D eigenvalue weighted by Gasteiger charge is 2.23. The Kier molecular flexibility index (Phi) is 8.92. The van der Waals surface area contributed by atoms with Crippen LogP contribution in [-0.2, 0) is 19.1 Å². The smallest absolute Gasteiger partial charge is 0.410 e. The molecule has 1 aromatic rings. The summed E-state index contributed by atoms with van der Waals surface area (Å²) < 4.78 is 10.2. The van der Waals surface area contributed by atoms with Crippen LogP contribution in [0.1, 0.15) is 45.1 Å². The fourth-order valence-corrected chi connectivity index (χ4v) is 2.24. The number of alkyl carbamates (subject to hydrolysis) is 1. The number of halogens is 1. The average Bonchev–Trinajstić information content (AvgIpc) is 2.58. The topological polar surface area (TPSA) is 102 Å². The highest BCUT2D eigenvalue weighted by Crippen LogP contribution is 2.21. The zero-order valence-electron chi connectivity index (χ0n) is 15.0. The van der Waals surface area contributed by atoms with Crippen LogP contribution in [0.25, 0.3) is 0 Å². The van der Waals surface area contributed by atoms with Crippen LogP contribution in [0.5, 0.6) is 0 Å². The maximum absolute atomic E-state index is 12.0. The molecule has 1 unspecified atom stereocenters. The standard InChI is InChI=1S/C18H24ClNO6/c1-4-16(23)25-17(11(2)3)26-18(24)20-10-13(9-15(21)22)12-5-7-14(19)8-6-12/h5-8,11,13,17H,4,9-10H2,1-3H3,(H,20,24)(H,21,22)/t13-,17?/m0/s1. The number of esters is 1. The lowest BCUT2D eigenvalue weighted by Crippen LogP contribution is -2.36. The highest BCUT2D eigenvalue weighted by molar-refractivity contribution is 6.30. The molecule has 0 fully saturated rings. The predicted octanol–water partition coefficient (Wildman–Crippen LogP) is 3.56. The molecule has 144 valence electrons. The molecule has 0 aliphatic rings. The third-order valence-corrected chi connectivity index (χ3v) is 3.81. The van der Waals surface area contributed by atoms with Crippen LogP contribution >= 0.6 is 11.6 Å². The quantitative estimate of drug-likeness (QED) is 0.497. The summed E-state index contributed by atoms with van der Waals surface area (Å²) >= 11 is 5.84. The van der Waals surface area contributed by atoms with Crippen molar-refractivity contribution < 1.29 is 29.0 Å². The maximum atomic E-state index is 12.0. The number of ether oxygens (including phenoxy) is 2. The van der Waals surface area contributed by atoms with E-state index in [1.54, 1.807) is 45.0 Å². The van der Waals surface area contributed by atoms with E-state index in [1.807, 2.05) is 0 Å². The average molecular weight is 386 g/mol. The van der Waals surface area contributed by atoms with Gasteiger partial charge >= 0.3 is 18.0 Å². The highest BCUT2D eigenvalue weighted by atomic mass is 35.5. The molecule has 1 amide bonds. The Bertz CT molecular complexity index is 617. The monoisotopic (exact) mass is 385 g/mol. The third kappa shape index (κ3) is 7.74. The minimum absolute atomic E-state index is 0.0549. The number of nitrogens with one attached hydrogen (secondary N) is 1. The van der Waals surface area contributed by atoms with Gasteiger partial charge in [-0.25, -0.2) is 4.79 Å². The summed E-state index contributed by atoms with van der Waals surface area (Å²) in [6, 6.07) is 6.73. The van der Waals surface area contributed by atoms with Gasteiger partial charge in [0.1, 0.15) is 0 Å².